The summed E-state index contributed by atoms with van der Waals surface area (Å²) in [7, 11) is 0. The molecule has 0 aliphatic rings. The topological polar surface area (TPSA) is 58.6 Å². The molecule has 0 aromatic heterocycles. The molecule has 4 nitrogen and oxygen atoms in total. The minimum atomic E-state index is -0.825. The van der Waals surface area contributed by atoms with Gasteiger partial charge in [-0.1, -0.05) is 38.0 Å². The minimum Gasteiger partial charge on any atom is -0.480 e. The van der Waals surface area contributed by atoms with Crippen molar-refractivity contribution in [3.05, 3.63) is 59.9 Å². The van der Waals surface area contributed by atoms with E-state index in [0.717, 1.165) is 18.4 Å². The lowest BCUT2D eigenvalue weighted by atomic mass is 10.1. The van der Waals surface area contributed by atoms with Crippen molar-refractivity contribution >= 4 is 5.97 Å². The molecule has 1 atom stereocenters. The van der Waals surface area contributed by atoms with Crippen molar-refractivity contribution in [1.82, 2.24) is 5.32 Å². The van der Waals surface area contributed by atoms with Crippen molar-refractivity contribution in [2.24, 2.45) is 0 Å². The standard InChI is InChI=1S/C19H22FNO3/c1-2-3-7-18(19(22)23)21-13-14-8-10-16(11-9-14)24-17-6-4-5-15(20)12-17/h4-6,8-12,18,21H,2-3,7,13H2,1H3,(H,22,23)/t18-/m0/s1. The van der Waals surface area contributed by atoms with Crippen LogP contribution >= 0.6 is 0 Å². The zero-order valence-corrected chi connectivity index (χ0v) is 13.7. The summed E-state index contributed by atoms with van der Waals surface area (Å²) in [6, 6.07) is 12.7. The highest BCUT2D eigenvalue weighted by molar-refractivity contribution is 5.73. The number of carbonyl (C=O) groups is 1. The highest BCUT2D eigenvalue weighted by atomic mass is 19.1. The number of hydrogen-bond acceptors (Lipinski definition) is 3. The Labute approximate surface area is 141 Å². The fraction of sp³-hybridized carbons (Fsp3) is 0.316. The summed E-state index contributed by atoms with van der Waals surface area (Å²) in [5, 5.41) is 12.3. The lowest BCUT2D eigenvalue weighted by Gasteiger charge is -2.14. The third kappa shape index (κ3) is 5.66. The average Bonchev–Trinajstić information content (AvgIpc) is 2.56. The van der Waals surface area contributed by atoms with E-state index in [9.17, 15) is 14.3 Å². The fourth-order valence-electron chi connectivity index (χ4n) is 2.30. The van der Waals surface area contributed by atoms with Crippen molar-refractivity contribution in [2.45, 2.75) is 38.8 Å². The molecule has 0 saturated heterocycles. The largest absolute Gasteiger partial charge is 0.480 e. The van der Waals surface area contributed by atoms with Crippen LogP contribution in [0.15, 0.2) is 48.5 Å². The smallest absolute Gasteiger partial charge is 0.320 e. The number of rotatable bonds is 9. The molecule has 0 amide bonds. The Morgan fingerprint density at radius 3 is 2.58 bits per heavy atom. The van der Waals surface area contributed by atoms with Gasteiger partial charge in [0, 0.05) is 12.6 Å². The Kier molecular flexibility index (Phi) is 6.75. The van der Waals surface area contributed by atoms with Crippen LogP contribution in [0.5, 0.6) is 11.5 Å². The number of unbranched alkanes of at least 4 members (excludes halogenated alkanes) is 1. The van der Waals surface area contributed by atoms with Gasteiger partial charge in [-0.2, -0.15) is 0 Å². The quantitative estimate of drug-likeness (QED) is 0.717. The zero-order valence-electron chi connectivity index (χ0n) is 13.7. The van der Waals surface area contributed by atoms with Crippen LogP contribution in [0.3, 0.4) is 0 Å². The molecular weight excluding hydrogens is 309 g/mol. The van der Waals surface area contributed by atoms with Gasteiger partial charge >= 0.3 is 5.97 Å². The van der Waals surface area contributed by atoms with Gasteiger partial charge in [-0.05, 0) is 36.2 Å². The van der Waals surface area contributed by atoms with E-state index in [1.54, 1.807) is 24.3 Å². The van der Waals surface area contributed by atoms with Gasteiger partial charge < -0.3 is 15.2 Å². The number of carboxylic acid groups (broad SMARTS) is 1. The van der Waals surface area contributed by atoms with Crippen LogP contribution in [0.2, 0.25) is 0 Å². The number of hydrogen-bond donors (Lipinski definition) is 2. The van der Waals surface area contributed by atoms with Gasteiger partial charge in [-0.15, -0.1) is 0 Å². The summed E-state index contributed by atoms with van der Waals surface area (Å²) in [5.74, 6) is -0.133. The Bertz CT molecular complexity index is 658. The Morgan fingerprint density at radius 2 is 1.96 bits per heavy atom. The number of halogens is 1. The van der Waals surface area contributed by atoms with Gasteiger partial charge in [0.2, 0.25) is 0 Å². The molecule has 2 rings (SSSR count). The van der Waals surface area contributed by atoms with E-state index in [2.05, 4.69) is 5.32 Å². The van der Waals surface area contributed by atoms with Crippen LogP contribution in [0.1, 0.15) is 31.7 Å². The monoisotopic (exact) mass is 331 g/mol. The van der Waals surface area contributed by atoms with Gasteiger partial charge in [0.25, 0.3) is 0 Å². The third-order valence-corrected chi connectivity index (χ3v) is 3.65. The first-order chi connectivity index (χ1) is 11.6. The number of aliphatic carboxylic acids is 1. The minimum absolute atomic E-state index is 0.347. The molecule has 2 aromatic carbocycles. The molecule has 0 aliphatic heterocycles. The van der Waals surface area contributed by atoms with Crippen molar-refractivity contribution < 1.29 is 19.0 Å². The molecule has 2 aromatic rings. The van der Waals surface area contributed by atoms with Gasteiger partial charge in [0.1, 0.15) is 23.4 Å². The normalized spacial score (nSPS) is 11.9. The lowest BCUT2D eigenvalue weighted by Crippen LogP contribution is -2.36. The second-order valence-electron chi connectivity index (χ2n) is 5.62. The maximum absolute atomic E-state index is 13.1. The SMILES string of the molecule is CCCC[C@H](NCc1ccc(Oc2cccc(F)c2)cc1)C(=O)O. The van der Waals surface area contributed by atoms with Crippen LogP contribution < -0.4 is 10.1 Å². The molecule has 0 radical (unpaired) electrons. The lowest BCUT2D eigenvalue weighted by molar-refractivity contribution is -0.139. The fourth-order valence-corrected chi connectivity index (χ4v) is 2.30. The van der Waals surface area contributed by atoms with Crippen molar-refractivity contribution in [3.8, 4) is 11.5 Å². The molecule has 2 N–H and O–H groups in total. The molecule has 0 fully saturated rings. The van der Waals surface area contributed by atoms with Crippen LogP contribution in [0, 0.1) is 5.82 Å². The van der Waals surface area contributed by atoms with Crippen LogP contribution in [-0.4, -0.2) is 17.1 Å². The Morgan fingerprint density at radius 1 is 1.21 bits per heavy atom. The average molecular weight is 331 g/mol. The molecule has 24 heavy (non-hydrogen) atoms. The van der Waals surface area contributed by atoms with E-state index in [0.29, 0.717) is 24.5 Å². The molecule has 0 unspecified atom stereocenters. The molecular formula is C19H22FNO3. The zero-order chi connectivity index (χ0) is 17.4. The highest BCUT2D eigenvalue weighted by Gasteiger charge is 2.15. The maximum Gasteiger partial charge on any atom is 0.320 e. The molecule has 128 valence electrons. The van der Waals surface area contributed by atoms with Gasteiger partial charge in [-0.3, -0.25) is 4.79 Å². The van der Waals surface area contributed by atoms with Crippen molar-refractivity contribution in [1.29, 1.82) is 0 Å². The van der Waals surface area contributed by atoms with E-state index >= 15 is 0 Å². The molecule has 0 spiro atoms. The second-order valence-corrected chi connectivity index (χ2v) is 5.62. The molecule has 0 heterocycles. The maximum atomic E-state index is 13.1. The van der Waals surface area contributed by atoms with Crippen molar-refractivity contribution in [2.75, 3.05) is 0 Å². The van der Waals surface area contributed by atoms with E-state index in [1.165, 1.54) is 12.1 Å². The van der Waals surface area contributed by atoms with Gasteiger partial charge in [-0.25, -0.2) is 4.39 Å². The first kappa shape index (κ1) is 17.9. The highest BCUT2D eigenvalue weighted by Crippen LogP contribution is 2.22. The predicted octanol–water partition coefficient (Wildman–Crippen LogP) is 4.35. The summed E-state index contributed by atoms with van der Waals surface area (Å²) in [6.45, 7) is 2.51. The molecule has 0 bridgehead atoms. The van der Waals surface area contributed by atoms with Crippen molar-refractivity contribution in [3.63, 3.8) is 0 Å². The molecule has 0 saturated carbocycles. The summed E-state index contributed by atoms with van der Waals surface area (Å²) in [4.78, 5) is 11.2. The number of carboxylic acids is 1. The third-order valence-electron chi connectivity index (χ3n) is 3.65. The summed E-state index contributed by atoms with van der Waals surface area (Å²) in [6.07, 6.45) is 2.47. The number of ether oxygens (including phenoxy) is 1. The van der Waals surface area contributed by atoms with E-state index in [4.69, 9.17) is 4.74 Å². The first-order valence-corrected chi connectivity index (χ1v) is 8.07. The van der Waals surface area contributed by atoms with Crippen LogP contribution in [0.4, 0.5) is 4.39 Å². The van der Waals surface area contributed by atoms with Gasteiger partial charge in [0.05, 0.1) is 0 Å². The van der Waals surface area contributed by atoms with Crippen LogP contribution in [-0.2, 0) is 11.3 Å². The Balaban J connectivity index is 1.90. The molecule has 0 aliphatic carbocycles. The summed E-state index contributed by atoms with van der Waals surface area (Å²) >= 11 is 0. The van der Waals surface area contributed by atoms with E-state index < -0.39 is 12.0 Å². The van der Waals surface area contributed by atoms with E-state index in [1.807, 2.05) is 19.1 Å². The second kappa shape index (κ2) is 9.03. The molecule has 5 heteroatoms. The predicted molar refractivity (Wildman–Crippen MR) is 90.7 cm³/mol. The number of benzene rings is 2. The van der Waals surface area contributed by atoms with E-state index in [-0.39, 0.29) is 5.82 Å². The Hall–Kier alpha value is -2.40. The summed E-state index contributed by atoms with van der Waals surface area (Å²) < 4.78 is 18.7. The van der Waals surface area contributed by atoms with Gasteiger partial charge in [0.15, 0.2) is 0 Å². The van der Waals surface area contributed by atoms with Crippen LogP contribution in [0.25, 0.3) is 0 Å². The first-order valence-electron chi connectivity index (χ1n) is 8.07. The summed E-state index contributed by atoms with van der Waals surface area (Å²) in [5.41, 5.74) is 0.962. The number of nitrogens with one attached hydrogen (secondary N) is 1.